The molecule has 0 unspecified atom stereocenters. The summed E-state index contributed by atoms with van der Waals surface area (Å²) in [5.74, 6) is -1.04. The Labute approximate surface area is 154 Å². The molecule has 2 rings (SSSR count). The number of aliphatic carboxylic acids is 1. The van der Waals surface area contributed by atoms with Crippen molar-refractivity contribution in [1.29, 1.82) is 0 Å². The summed E-state index contributed by atoms with van der Waals surface area (Å²) in [5.41, 5.74) is -0.451. The van der Waals surface area contributed by atoms with Gasteiger partial charge in [-0.1, -0.05) is 13.8 Å². The molecule has 0 aromatic carbocycles. The molecule has 0 radical (unpaired) electrons. The van der Waals surface area contributed by atoms with E-state index < -0.39 is 17.6 Å². The molecule has 26 heavy (non-hydrogen) atoms. The molecule has 6 N–H and O–H groups in total. The van der Waals surface area contributed by atoms with Gasteiger partial charge in [-0.3, -0.25) is 19.7 Å². The van der Waals surface area contributed by atoms with Crippen LogP contribution >= 0.6 is 0 Å². The predicted molar refractivity (Wildman–Crippen MR) is 96.7 cm³/mol. The van der Waals surface area contributed by atoms with E-state index >= 15 is 0 Å². The Balaban J connectivity index is 1.88. The largest absolute Gasteiger partial charge is 0.480 e. The van der Waals surface area contributed by atoms with Crippen molar-refractivity contribution < 1.29 is 19.5 Å². The second-order valence-corrected chi connectivity index (χ2v) is 7.69. The molecule has 2 saturated heterocycles. The van der Waals surface area contributed by atoms with E-state index in [0.29, 0.717) is 26.1 Å². The van der Waals surface area contributed by atoms with Gasteiger partial charge >= 0.3 is 5.97 Å². The van der Waals surface area contributed by atoms with Crippen molar-refractivity contribution in [3.63, 3.8) is 0 Å². The second kappa shape index (κ2) is 9.29. The van der Waals surface area contributed by atoms with Gasteiger partial charge in [0.1, 0.15) is 6.04 Å². The van der Waals surface area contributed by atoms with Crippen LogP contribution in [0.5, 0.6) is 0 Å². The number of carbonyl (C=O) groups is 3. The van der Waals surface area contributed by atoms with Gasteiger partial charge < -0.3 is 26.4 Å². The number of hydrogen-bond donors (Lipinski definition) is 6. The van der Waals surface area contributed by atoms with Crippen LogP contribution in [-0.2, 0) is 14.4 Å². The van der Waals surface area contributed by atoms with Crippen LogP contribution in [0.25, 0.3) is 0 Å². The van der Waals surface area contributed by atoms with Gasteiger partial charge in [-0.2, -0.15) is 0 Å². The quantitative estimate of drug-likeness (QED) is 0.273. The number of carboxylic acids is 1. The van der Waals surface area contributed by atoms with Crippen LogP contribution < -0.4 is 26.6 Å². The topological polar surface area (TPSA) is 132 Å². The van der Waals surface area contributed by atoms with Crippen molar-refractivity contribution in [2.24, 2.45) is 5.92 Å². The molecule has 0 bridgehead atoms. The molecule has 0 aliphatic carbocycles. The molecule has 0 saturated carbocycles. The fourth-order valence-electron chi connectivity index (χ4n) is 3.27. The summed E-state index contributed by atoms with van der Waals surface area (Å²) in [7, 11) is 0. The van der Waals surface area contributed by atoms with Crippen LogP contribution in [0.3, 0.4) is 0 Å². The van der Waals surface area contributed by atoms with E-state index in [2.05, 4.69) is 26.6 Å². The third-order valence-electron chi connectivity index (χ3n) is 4.86. The lowest BCUT2D eigenvalue weighted by molar-refractivity contribution is -0.136. The molecule has 2 aliphatic heterocycles. The zero-order chi connectivity index (χ0) is 19.2. The highest BCUT2D eigenvalue weighted by molar-refractivity contribution is 5.90. The highest BCUT2D eigenvalue weighted by Crippen LogP contribution is 2.11. The summed E-state index contributed by atoms with van der Waals surface area (Å²) < 4.78 is 0. The Hall–Kier alpha value is -1.71. The van der Waals surface area contributed by atoms with E-state index in [1.54, 1.807) is 0 Å². The predicted octanol–water partition coefficient (Wildman–Crippen LogP) is -1.60. The molecule has 2 heterocycles. The minimum atomic E-state index is -0.934. The summed E-state index contributed by atoms with van der Waals surface area (Å²) in [6.07, 6.45) is 2.30. The molecule has 0 aromatic rings. The Morgan fingerprint density at radius 3 is 2.50 bits per heavy atom. The third kappa shape index (κ3) is 5.93. The second-order valence-electron chi connectivity index (χ2n) is 7.69. The summed E-state index contributed by atoms with van der Waals surface area (Å²) in [5, 5.41) is 23.8. The van der Waals surface area contributed by atoms with Crippen molar-refractivity contribution in [2.45, 2.75) is 50.7 Å². The first-order valence-electron chi connectivity index (χ1n) is 9.30. The minimum absolute atomic E-state index is 0.132. The van der Waals surface area contributed by atoms with Gasteiger partial charge in [0.05, 0.1) is 18.1 Å². The highest BCUT2D eigenvalue weighted by atomic mass is 16.4. The van der Waals surface area contributed by atoms with E-state index in [-0.39, 0.29) is 30.3 Å². The lowest BCUT2D eigenvalue weighted by Gasteiger charge is -2.43. The molecule has 0 spiro atoms. The number of nitrogens with one attached hydrogen (secondary N) is 5. The van der Waals surface area contributed by atoms with E-state index in [1.165, 1.54) is 0 Å². The normalized spacial score (nSPS) is 22.5. The highest BCUT2D eigenvalue weighted by Gasteiger charge is 2.38. The van der Waals surface area contributed by atoms with Crippen LogP contribution in [0.4, 0.5) is 0 Å². The summed E-state index contributed by atoms with van der Waals surface area (Å²) >= 11 is 0. The van der Waals surface area contributed by atoms with Gasteiger partial charge in [0, 0.05) is 19.6 Å². The summed E-state index contributed by atoms with van der Waals surface area (Å²) in [6, 6.07) is -0.814. The van der Waals surface area contributed by atoms with Crippen LogP contribution in [0.2, 0.25) is 0 Å². The van der Waals surface area contributed by atoms with Crippen molar-refractivity contribution >= 4 is 17.8 Å². The van der Waals surface area contributed by atoms with Crippen molar-refractivity contribution in [3.05, 3.63) is 0 Å². The van der Waals surface area contributed by atoms with Crippen LogP contribution in [-0.4, -0.2) is 73.2 Å². The van der Waals surface area contributed by atoms with Gasteiger partial charge in [-0.25, -0.2) is 0 Å². The molecule has 2 atom stereocenters. The van der Waals surface area contributed by atoms with Gasteiger partial charge in [-0.15, -0.1) is 0 Å². The van der Waals surface area contributed by atoms with Crippen molar-refractivity contribution in [3.8, 4) is 0 Å². The zero-order valence-corrected chi connectivity index (χ0v) is 15.6. The van der Waals surface area contributed by atoms with Gasteiger partial charge in [0.2, 0.25) is 11.8 Å². The van der Waals surface area contributed by atoms with E-state index in [1.807, 2.05) is 13.8 Å². The molecule has 9 nitrogen and oxygen atoms in total. The van der Waals surface area contributed by atoms with Crippen LogP contribution in [0, 0.1) is 5.92 Å². The standard InChI is InChI=1S/C17H31N5O4/c1-11(2)6-13(22-16(26)12-4-3-5-19-12)15(25)20-10-17(8-18-9-17)21-7-14(23)24/h11-13,18-19,21H,3-10H2,1-2H3,(H,20,25)(H,22,26)(H,23,24)/t12-,13+/m1/s1. The first kappa shape index (κ1) is 20.6. The number of carbonyl (C=O) groups excluding carboxylic acids is 2. The average Bonchev–Trinajstić information content (AvgIpc) is 3.06. The molecule has 9 heteroatoms. The number of carboxylic acid groups (broad SMARTS) is 1. The van der Waals surface area contributed by atoms with Gasteiger partial charge in [-0.05, 0) is 31.7 Å². The minimum Gasteiger partial charge on any atom is -0.480 e. The fourth-order valence-corrected chi connectivity index (χ4v) is 3.27. The van der Waals surface area contributed by atoms with Crippen molar-refractivity contribution in [2.75, 3.05) is 32.7 Å². The van der Waals surface area contributed by atoms with Crippen molar-refractivity contribution in [1.82, 2.24) is 26.6 Å². The molecule has 2 fully saturated rings. The Morgan fingerprint density at radius 2 is 2.00 bits per heavy atom. The van der Waals surface area contributed by atoms with E-state index in [9.17, 15) is 14.4 Å². The summed E-state index contributed by atoms with van der Waals surface area (Å²) in [4.78, 5) is 35.8. The smallest absolute Gasteiger partial charge is 0.317 e. The van der Waals surface area contributed by atoms with E-state index in [4.69, 9.17) is 5.11 Å². The van der Waals surface area contributed by atoms with E-state index in [0.717, 1.165) is 19.4 Å². The molecular weight excluding hydrogens is 338 g/mol. The molecule has 148 valence electrons. The zero-order valence-electron chi connectivity index (χ0n) is 15.6. The maximum absolute atomic E-state index is 12.6. The fraction of sp³-hybridized carbons (Fsp3) is 0.824. The number of rotatable bonds is 10. The SMILES string of the molecule is CC(C)C[C@H](NC(=O)[C@H]1CCCN1)C(=O)NCC1(NCC(=O)O)CNC1. The first-order valence-corrected chi connectivity index (χ1v) is 9.30. The lowest BCUT2D eigenvalue weighted by atomic mass is 9.92. The molecule has 2 amide bonds. The monoisotopic (exact) mass is 369 g/mol. The maximum Gasteiger partial charge on any atom is 0.317 e. The summed E-state index contributed by atoms with van der Waals surface area (Å²) in [6.45, 7) is 6.18. The lowest BCUT2D eigenvalue weighted by Crippen LogP contribution is -2.73. The molecule has 0 aromatic heterocycles. The van der Waals surface area contributed by atoms with Gasteiger partial charge in [0.25, 0.3) is 0 Å². The molecular formula is C17H31N5O4. The average molecular weight is 369 g/mol. The Kier molecular flexibility index (Phi) is 7.36. The Morgan fingerprint density at radius 1 is 1.27 bits per heavy atom. The first-order chi connectivity index (χ1) is 12.3. The third-order valence-corrected chi connectivity index (χ3v) is 4.86. The number of hydrogen-bond acceptors (Lipinski definition) is 6. The van der Waals surface area contributed by atoms with Gasteiger partial charge in [0.15, 0.2) is 0 Å². The Bertz CT molecular complexity index is 515. The molecule has 2 aliphatic rings. The van der Waals surface area contributed by atoms with Crippen LogP contribution in [0.15, 0.2) is 0 Å². The maximum atomic E-state index is 12.6. The number of amides is 2. The van der Waals surface area contributed by atoms with Crippen LogP contribution in [0.1, 0.15) is 33.1 Å².